The van der Waals surface area contributed by atoms with Gasteiger partial charge >= 0.3 is 12.1 Å². The molecule has 236 valence electrons. The van der Waals surface area contributed by atoms with Crippen molar-refractivity contribution in [3.63, 3.8) is 0 Å². The SMILES string of the molecule is Cc1ccc(-n2nc(C(C)(C)C)cc2NC(=O)Nc2cccc(CC3CC4CCC(C3)N4C(=O)C3CC(=O)NC(=O)N3)c2)cc1. The first-order valence-corrected chi connectivity index (χ1v) is 15.7. The Balaban J connectivity index is 1.09. The van der Waals surface area contributed by atoms with Crippen LogP contribution < -0.4 is 21.3 Å². The number of anilines is 2. The van der Waals surface area contributed by atoms with Crippen molar-refractivity contribution in [2.45, 2.75) is 89.8 Å². The topological polar surface area (TPSA) is 137 Å². The van der Waals surface area contributed by atoms with Gasteiger partial charge < -0.3 is 15.5 Å². The average molecular weight is 612 g/mol. The minimum Gasteiger partial charge on any atom is -0.335 e. The van der Waals surface area contributed by atoms with Crippen molar-refractivity contribution < 1.29 is 19.2 Å². The normalized spacial score (nSPS) is 22.9. The van der Waals surface area contributed by atoms with Crippen LogP contribution in [0.4, 0.5) is 21.1 Å². The second kappa shape index (κ2) is 12.0. The van der Waals surface area contributed by atoms with Crippen LogP contribution in [0.1, 0.15) is 69.7 Å². The zero-order valence-corrected chi connectivity index (χ0v) is 26.2. The molecule has 0 saturated carbocycles. The predicted octanol–water partition coefficient (Wildman–Crippen LogP) is 5.03. The summed E-state index contributed by atoms with van der Waals surface area (Å²) in [5, 5.41) is 15.6. The van der Waals surface area contributed by atoms with Gasteiger partial charge in [-0.2, -0.15) is 5.10 Å². The third kappa shape index (κ3) is 6.72. The maximum Gasteiger partial charge on any atom is 0.324 e. The molecule has 3 saturated heterocycles. The third-order valence-electron chi connectivity index (χ3n) is 9.04. The highest BCUT2D eigenvalue weighted by atomic mass is 16.2. The third-order valence-corrected chi connectivity index (χ3v) is 9.04. The van der Waals surface area contributed by atoms with E-state index in [0.717, 1.165) is 54.6 Å². The van der Waals surface area contributed by atoms with Gasteiger partial charge in [-0.15, -0.1) is 0 Å². The highest BCUT2D eigenvalue weighted by Gasteiger charge is 2.46. The summed E-state index contributed by atoms with van der Waals surface area (Å²) in [7, 11) is 0. The van der Waals surface area contributed by atoms with Crippen LogP contribution in [0.3, 0.4) is 0 Å². The Morgan fingerprint density at radius 2 is 1.69 bits per heavy atom. The number of aryl methyl sites for hydroxylation is 1. The average Bonchev–Trinajstić information content (AvgIpc) is 3.51. The van der Waals surface area contributed by atoms with Crippen LogP contribution in [0.5, 0.6) is 0 Å². The minimum atomic E-state index is -0.796. The molecule has 45 heavy (non-hydrogen) atoms. The van der Waals surface area contributed by atoms with Crippen LogP contribution in [-0.2, 0) is 21.4 Å². The Morgan fingerprint density at radius 1 is 0.978 bits per heavy atom. The van der Waals surface area contributed by atoms with E-state index in [1.807, 2.05) is 60.4 Å². The summed E-state index contributed by atoms with van der Waals surface area (Å²) < 4.78 is 1.76. The van der Waals surface area contributed by atoms with Crippen molar-refractivity contribution >= 4 is 35.4 Å². The number of aromatic nitrogens is 2. The molecule has 0 spiro atoms. The van der Waals surface area contributed by atoms with Crippen molar-refractivity contribution in [3.05, 3.63) is 71.4 Å². The van der Waals surface area contributed by atoms with Gasteiger partial charge in [-0.25, -0.2) is 14.3 Å². The van der Waals surface area contributed by atoms with Crippen LogP contribution in [0.15, 0.2) is 54.6 Å². The van der Waals surface area contributed by atoms with Crippen molar-refractivity contribution in [1.29, 1.82) is 0 Å². The molecular formula is C34H41N7O4. The molecule has 1 aromatic heterocycles. The summed E-state index contributed by atoms with van der Waals surface area (Å²) in [5.74, 6) is 0.398. The maximum atomic E-state index is 13.3. The fourth-order valence-electron chi connectivity index (χ4n) is 6.86. The van der Waals surface area contributed by atoms with E-state index in [1.54, 1.807) is 4.68 Å². The molecule has 2 bridgehead atoms. The van der Waals surface area contributed by atoms with Gasteiger partial charge in [-0.3, -0.25) is 20.2 Å². The molecule has 3 fully saturated rings. The summed E-state index contributed by atoms with van der Waals surface area (Å²) in [6, 6.07) is 16.3. The van der Waals surface area contributed by atoms with E-state index in [4.69, 9.17) is 5.10 Å². The van der Waals surface area contributed by atoms with E-state index in [0.29, 0.717) is 17.4 Å². The van der Waals surface area contributed by atoms with Crippen LogP contribution >= 0.6 is 0 Å². The van der Waals surface area contributed by atoms with Crippen LogP contribution in [0.25, 0.3) is 5.69 Å². The molecule has 6 amide bonds. The number of hydrogen-bond acceptors (Lipinski definition) is 5. The zero-order valence-electron chi connectivity index (χ0n) is 26.2. The number of amides is 6. The number of benzene rings is 2. The fraction of sp³-hybridized carbons (Fsp3) is 0.441. The molecule has 4 N–H and O–H groups in total. The van der Waals surface area contributed by atoms with Crippen molar-refractivity contribution in [1.82, 2.24) is 25.3 Å². The van der Waals surface area contributed by atoms with Gasteiger partial charge in [0.25, 0.3) is 0 Å². The fourth-order valence-corrected chi connectivity index (χ4v) is 6.86. The van der Waals surface area contributed by atoms with Crippen LogP contribution in [0.2, 0.25) is 0 Å². The Bertz CT molecular complexity index is 1590. The van der Waals surface area contributed by atoms with Gasteiger partial charge in [0.05, 0.1) is 17.8 Å². The summed E-state index contributed by atoms with van der Waals surface area (Å²) in [6.07, 6.45) is 4.40. The smallest absolute Gasteiger partial charge is 0.324 e. The van der Waals surface area contributed by atoms with Gasteiger partial charge in [0.1, 0.15) is 11.9 Å². The zero-order chi connectivity index (χ0) is 31.9. The lowest BCUT2D eigenvalue weighted by Gasteiger charge is -2.41. The number of carbonyl (C=O) groups is 4. The van der Waals surface area contributed by atoms with Gasteiger partial charge in [-0.05, 0) is 74.8 Å². The number of urea groups is 2. The van der Waals surface area contributed by atoms with Gasteiger partial charge in [-0.1, -0.05) is 50.6 Å². The number of carbonyl (C=O) groups excluding carboxylic acids is 4. The quantitative estimate of drug-likeness (QED) is 0.310. The number of piperidine rings is 1. The first-order valence-electron chi connectivity index (χ1n) is 15.7. The number of fused-ring (bicyclic) bond motifs is 2. The molecule has 3 unspecified atom stereocenters. The van der Waals surface area contributed by atoms with Gasteiger partial charge in [0.2, 0.25) is 11.8 Å². The van der Waals surface area contributed by atoms with Crippen LogP contribution in [-0.4, -0.2) is 56.7 Å². The Labute approximate surface area is 263 Å². The van der Waals surface area contributed by atoms with E-state index < -0.39 is 18.0 Å². The highest BCUT2D eigenvalue weighted by Crippen LogP contribution is 2.40. The van der Waals surface area contributed by atoms with E-state index in [-0.39, 0.29) is 35.9 Å². The monoisotopic (exact) mass is 611 g/mol. The summed E-state index contributed by atoms with van der Waals surface area (Å²) in [4.78, 5) is 52.0. The molecule has 0 aliphatic carbocycles. The van der Waals surface area contributed by atoms with Crippen molar-refractivity contribution in [2.24, 2.45) is 5.92 Å². The molecule has 11 heteroatoms. The van der Waals surface area contributed by atoms with E-state index in [1.165, 1.54) is 0 Å². The Kier molecular flexibility index (Phi) is 8.11. The molecule has 2 aromatic carbocycles. The second-order valence-corrected chi connectivity index (χ2v) is 13.6. The largest absolute Gasteiger partial charge is 0.335 e. The highest BCUT2D eigenvalue weighted by molar-refractivity contribution is 6.02. The summed E-state index contributed by atoms with van der Waals surface area (Å²) in [5.41, 5.74) is 4.51. The van der Waals surface area contributed by atoms with E-state index in [9.17, 15) is 19.2 Å². The lowest BCUT2D eigenvalue weighted by atomic mass is 9.85. The van der Waals surface area contributed by atoms with Gasteiger partial charge in [0, 0.05) is 29.3 Å². The summed E-state index contributed by atoms with van der Waals surface area (Å²) >= 11 is 0. The summed E-state index contributed by atoms with van der Waals surface area (Å²) in [6.45, 7) is 8.30. The number of rotatable bonds is 6. The molecule has 3 aliphatic heterocycles. The standard InChI is InChI=1S/C34H41N7O4/c1-20-8-10-24(11-9-20)41-29(19-28(39-41)34(2,3)4)37-32(44)35-23-7-5-6-21(15-23)14-22-16-25-12-13-26(17-22)40(25)31(43)27-18-30(42)38-33(45)36-27/h5-11,15,19,22,25-27H,12-14,16-18H2,1-4H3,(H2,35,37,44)(H2,36,38,42,45). The minimum absolute atomic E-state index is 0.0244. The number of nitrogens with one attached hydrogen (secondary N) is 4. The first kappa shape index (κ1) is 30.4. The first-order chi connectivity index (χ1) is 21.4. The second-order valence-electron chi connectivity index (χ2n) is 13.6. The molecular weight excluding hydrogens is 570 g/mol. The lowest BCUT2D eigenvalue weighted by Crippen LogP contribution is -2.60. The van der Waals surface area contributed by atoms with Crippen molar-refractivity contribution in [3.8, 4) is 5.69 Å². The molecule has 6 rings (SSSR count). The van der Waals surface area contributed by atoms with Crippen LogP contribution in [0, 0.1) is 12.8 Å². The number of nitrogens with zero attached hydrogens (tertiary/aromatic N) is 3. The molecule has 0 radical (unpaired) electrons. The Morgan fingerprint density at radius 3 is 2.36 bits per heavy atom. The van der Waals surface area contributed by atoms with E-state index in [2.05, 4.69) is 48.1 Å². The number of imide groups is 1. The Hall–Kier alpha value is -4.67. The van der Waals surface area contributed by atoms with E-state index >= 15 is 0 Å². The predicted molar refractivity (Wildman–Crippen MR) is 171 cm³/mol. The molecule has 11 nitrogen and oxygen atoms in total. The number of hydrogen-bond donors (Lipinski definition) is 4. The lowest BCUT2D eigenvalue weighted by molar-refractivity contribution is -0.141. The van der Waals surface area contributed by atoms with Gasteiger partial charge in [0.15, 0.2) is 0 Å². The van der Waals surface area contributed by atoms with Crippen molar-refractivity contribution in [2.75, 3.05) is 10.6 Å². The molecule has 3 aliphatic rings. The molecule has 4 heterocycles. The molecule has 3 atom stereocenters. The molecule has 3 aromatic rings. The maximum absolute atomic E-state index is 13.3.